The number of nitrogens with one attached hydrogen (secondary N) is 1. The van der Waals surface area contributed by atoms with E-state index < -0.39 is 0 Å². The van der Waals surface area contributed by atoms with Gasteiger partial charge in [-0.3, -0.25) is 4.79 Å². The lowest BCUT2D eigenvalue weighted by Crippen LogP contribution is -2.15. The highest BCUT2D eigenvalue weighted by Crippen LogP contribution is 2.24. The first-order chi connectivity index (χ1) is 10.1. The summed E-state index contributed by atoms with van der Waals surface area (Å²) < 4.78 is 8.18. The van der Waals surface area contributed by atoms with Crippen LogP contribution in [0.15, 0.2) is 37.2 Å². The Hall–Kier alpha value is -1.46. The lowest BCUT2D eigenvalue weighted by molar-refractivity contribution is -0.113. The molecule has 0 aliphatic rings. The van der Waals surface area contributed by atoms with Gasteiger partial charge < -0.3 is 9.73 Å². The summed E-state index contributed by atoms with van der Waals surface area (Å²) in [6, 6.07) is 1.80. The quantitative estimate of drug-likeness (QED) is 0.630. The predicted molar refractivity (Wildman–Crippen MR) is 82.0 cm³/mol. The first-order valence-electron chi connectivity index (χ1n) is 5.52. The van der Waals surface area contributed by atoms with E-state index in [0.29, 0.717) is 15.5 Å². The molecule has 0 saturated carbocycles. The number of hydrogen-bond donors (Lipinski definition) is 1. The molecule has 8 nitrogen and oxygen atoms in total. The van der Waals surface area contributed by atoms with E-state index in [1.165, 1.54) is 10.8 Å². The molecule has 21 heavy (non-hydrogen) atoms. The molecule has 3 aromatic rings. The van der Waals surface area contributed by atoms with Gasteiger partial charge in [0.25, 0.3) is 5.22 Å². The van der Waals surface area contributed by atoms with Gasteiger partial charge in [-0.2, -0.15) is 4.52 Å². The van der Waals surface area contributed by atoms with Crippen molar-refractivity contribution in [1.82, 2.24) is 24.8 Å². The number of amides is 1. The molecule has 0 aromatic carbocycles. The number of rotatable bonds is 4. The van der Waals surface area contributed by atoms with Gasteiger partial charge in [-0.1, -0.05) is 16.9 Å². The largest absolute Gasteiger partial charge is 0.396 e. The minimum atomic E-state index is -0.218. The topological polar surface area (TPSA) is 98.2 Å². The molecular formula is C10H6Br2N6O2S. The van der Waals surface area contributed by atoms with Crippen LogP contribution in [0, 0.1) is 0 Å². The fraction of sp³-hybridized carbons (Fsp3) is 0.100. The molecule has 3 heterocycles. The molecule has 0 fully saturated rings. The van der Waals surface area contributed by atoms with E-state index in [-0.39, 0.29) is 17.5 Å². The SMILES string of the molecule is O=C(CSc1nn2cnnc2o1)Nc1ncc(Br)cc1Br. The van der Waals surface area contributed by atoms with E-state index >= 15 is 0 Å². The Kier molecular flexibility index (Phi) is 4.22. The number of hydrogen-bond acceptors (Lipinski definition) is 7. The van der Waals surface area contributed by atoms with Crippen LogP contribution in [0.1, 0.15) is 0 Å². The van der Waals surface area contributed by atoms with Gasteiger partial charge in [0.15, 0.2) is 0 Å². The highest BCUT2D eigenvalue weighted by molar-refractivity contribution is 9.11. The van der Waals surface area contributed by atoms with Gasteiger partial charge in [-0.15, -0.1) is 10.2 Å². The van der Waals surface area contributed by atoms with Crippen LogP contribution in [0.4, 0.5) is 5.82 Å². The van der Waals surface area contributed by atoms with Crippen LogP contribution in [0.2, 0.25) is 0 Å². The zero-order chi connectivity index (χ0) is 14.8. The van der Waals surface area contributed by atoms with Crippen molar-refractivity contribution >= 4 is 61.2 Å². The minimum Gasteiger partial charge on any atom is -0.396 e. The van der Waals surface area contributed by atoms with Crippen molar-refractivity contribution in [3.63, 3.8) is 0 Å². The van der Waals surface area contributed by atoms with Crippen molar-refractivity contribution in [2.24, 2.45) is 0 Å². The van der Waals surface area contributed by atoms with Crippen LogP contribution < -0.4 is 5.32 Å². The molecule has 0 unspecified atom stereocenters. The van der Waals surface area contributed by atoms with Crippen LogP contribution in [0.5, 0.6) is 0 Å². The third kappa shape index (κ3) is 3.41. The minimum absolute atomic E-state index is 0.140. The fourth-order valence-corrected chi connectivity index (χ4v) is 3.09. The van der Waals surface area contributed by atoms with Gasteiger partial charge in [0.2, 0.25) is 5.91 Å². The van der Waals surface area contributed by atoms with Gasteiger partial charge in [0.05, 0.1) is 10.2 Å². The maximum absolute atomic E-state index is 11.9. The maximum atomic E-state index is 11.9. The van der Waals surface area contributed by atoms with Crippen molar-refractivity contribution in [2.75, 3.05) is 11.1 Å². The van der Waals surface area contributed by atoms with Crippen molar-refractivity contribution in [2.45, 2.75) is 5.22 Å². The van der Waals surface area contributed by atoms with Crippen LogP contribution in [0.25, 0.3) is 5.84 Å². The molecule has 1 N–H and O–H groups in total. The molecule has 3 aromatic heterocycles. The number of pyridine rings is 1. The zero-order valence-electron chi connectivity index (χ0n) is 10.2. The van der Waals surface area contributed by atoms with E-state index in [9.17, 15) is 4.79 Å². The number of thioether (sulfide) groups is 1. The van der Waals surface area contributed by atoms with Crippen molar-refractivity contribution in [3.05, 3.63) is 27.5 Å². The highest BCUT2D eigenvalue weighted by Gasteiger charge is 2.12. The smallest absolute Gasteiger partial charge is 0.345 e. The first-order valence-corrected chi connectivity index (χ1v) is 8.09. The molecule has 0 bridgehead atoms. The van der Waals surface area contributed by atoms with Crippen molar-refractivity contribution in [3.8, 4) is 0 Å². The molecule has 0 saturated heterocycles. The number of aromatic nitrogens is 5. The summed E-state index contributed by atoms with van der Waals surface area (Å²) in [4.78, 5) is 16.0. The second kappa shape index (κ2) is 6.12. The molecule has 3 rings (SSSR count). The molecule has 0 aliphatic carbocycles. The summed E-state index contributed by atoms with van der Waals surface area (Å²) in [5.41, 5.74) is 0. The summed E-state index contributed by atoms with van der Waals surface area (Å²) in [5.74, 6) is 0.663. The molecular weight excluding hydrogens is 428 g/mol. The average molecular weight is 434 g/mol. The predicted octanol–water partition coefficient (Wildman–Crippen LogP) is 2.37. The van der Waals surface area contributed by atoms with E-state index in [2.05, 4.69) is 57.5 Å². The van der Waals surface area contributed by atoms with Gasteiger partial charge in [0.1, 0.15) is 12.1 Å². The summed E-state index contributed by atoms with van der Waals surface area (Å²) in [5, 5.41) is 14.4. The van der Waals surface area contributed by atoms with E-state index in [1.54, 1.807) is 12.3 Å². The summed E-state index contributed by atoms with van der Waals surface area (Å²) >= 11 is 7.78. The Balaban J connectivity index is 1.60. The van der Waals surface area contributed by atoms with E-state index in [0.717, 1.165) is 16.2 Å². The van der Waals surface area contributed by atoms with Gasteiger partial charge in [0, 0.05) is 10.7 Å². The number of halogens is 2. The van der Waals surface area contributed by atoms with Crippen LogP contribution in [-0.4, -0.2) is 36.5 Å². The van der Waals surface area contributed by atoms with E-state index in [1.807, 2.05) is 0 Å². The third-order valence-corrected chi connectivity index (χ3v) is 4.12. The van der Waals surface area contributed by atoms with Crippen molar-refractivity contribution in [1.29, 1.82) is 0 Å². The Labute approximate surface area is 139 Å². The molecule has 0 radical (unpaired) electrons. The van der Waals surface area contributed by atoms with E-state index in [4.69, 9.17) is 4.42 Å². The molecule has 0 atom stereocenters. The van der Waals surface area contributed by atoms with Crippen LogP contribution in [0.3, 0.4) is 0 Å². The van der Waals surface area contributed by atoms with Gasteiger partial charge in [-0.05, 0) is 37.9 Å². The Morgan fingerprint density at radius 2 is 2.33 bits per heavy atom. The van der Waals surface area contributed by atoms with Crippen LogP contribution in [-0.2, 0) is 4.79 Å². The van der Waals surface area contributed by atoms with Gasteiger partial charge >= 0.3 is 5.84 Å². The lowest BCUT2D eigenvalue weighted by atomic mass is 10.4. The standard InChI is InChI=1S/C10H6Br2N6O2S/c11-5-1-6(12)8(13-2-5)15-7(19)3-21-10-17-18-4-14-16-9(18)20-10/h1-2,4H,3H2,(H,13,15,19). The molecule has 108 valence electrons. The number of carbonyl (C=O) groups is 1. The first kappa shape index (κ1) is 14.5. The summed E-state index contributed by atoms with van der Waals surface area (Å²) in [6.45, 7) is 0. The average Bonchev–Trinajstić information content (AvgIpc) is 3.00. The third-order valence-electron chi connectivity index (χ3n) is 2.26. The molecule has 0 spiro atoms. The number of nitrogens with zero attached hydrogens (tertiary/aromatic N) is 5. The lowest BCUT2D eigenvalue weighted by Gasteiger charge is -2.05. The Morgan fingerprint density at radius 1 is 1.48 bits per heavy atom. The Morgan fingerprint density at radius 3 is 3.10 bits per heavy atom. The zero-order valence-corrected chi connectivity index (χ0v) is 14.1. The second-order valence-electron chi connectivity index (χ2n) is 3.75. The normalized spacial score (nSPS) is 11.0. The maximum Gasteiger partial charge on any atom is 0.345 e. The number of carbonyl (C=O) groups excluding carboxylic acids is 1. The summed E-state index contributed by atoms with van der Waals surface area (Å²) in [6.07, 6.45) is 3.02. The second-order valence-corrected chi connectivity index (χ2v) is 6.44. The van der Waals surface area contributed by atoms with Gasteiger partial charge in [-0.25, -0.2) is 4.98 Å². The fourth-order valence-electron chi connectivity index (χ4n) is 1.40. The summed E-state index contributed by atoms with van der Waals surface area (Å²) in [7, 11) is 0. The number of fused-ring (bicyclic) bond motifs is 1. The Bertz CT molecular complexity index is 775. The monoisotopic (exact) mass is 432 g/mol. The molecule has 11 heteroatoms. The van der Waals surface area contributed by atoms with Crippen LogP contribution >= 0.6 is 43.6 Å². The highest BCUT2D eigenvalue weighted by atomic mass is 79.9. The molecule has 1 amide bonds. The molecule has 0 aliphatic heterocycles. The number of anilines is 1. The van der Waals surface area contributed by atoms with Crippen molar-refractivity contribution < 1.29 is 9.21 Å².